The molecule has 2 amide bonds. The van der Waals surface area contributed by atoms with Gasteiger partial charge >= 0.3 is 0 Å². The molecule has 1 heterocycles. The van der Waals surface area contributed by atoms with Crippen molar-refractivity contribution in [2.75, 3.05) is 12.5 Å². The summed E-state index contributed by atoms with van der Waals surface area (Å²) in [5.41, 5.74) is 0.760. The second-order valence-corrected chi connectivity index (χ2v) is 9.55. The minimum absolute atomic E-state index is 0.147. The first-order valence-electron chi connectivity index (χ1n) is 11.5. The van der Waals surface area contributed by atoms with Crippen molar-refractivity contribution in [3.63, 3.8) is 0 Å². The summed E-state index contributed by atoms with van der Waals surface area (Å²) in [5.74, 6) is 0.192. The topological polar surface area (TPSA) is 58.6 Å². The van der Waals surface area contributed by atoms with Gasteiger partial charge in [0, 0.05) is 10.9 Å². The van der Waals surface area contributed by atoms with E-state index in [0.29, 0.717) is 13.2 Å². The first kappa shape index (κ1) is 24.6. The van der Waals surface area contributed by atoms with Crippen molar-refractivity contribution in [1.82, 2.24) is 10.2 Å². The number of rotatable bonds is 11. The summed E-state index contributed by atoms with van der Waals surface area (Å²) < 4.78 is 5.78. The summed E-state index contributed by atoms with van der Waals surface area (Å²) in [7, 11) is 0. The molecule has 7 heteroatoms. The summed E-state index contributed by atoms with van der Waals surface area (Å²) in [6, 6.07) is 10.9. The van der Waals surface area contributed by atoms with E-state index >= 15 is 0 Å². The van der Waals surface area contributed by atoms with E-state index in [9.17, 15) is 9.59 Å². The van der Waals surface area contributed by atoms with Crippen molar-refractivity contribution >= 4 is 34.8 Å². The van der Waals surface area contributed by atoms with Crippen LogP contribution in [0, 0.1) is 0 Å². The molecule has 0 aliphatic heterocycles. The molecular weight excluding hydrogens is 444 g/mol. The molecule has 0 radical (unpaired) electrons. The summed E-state index contributed by atoms with van der Waals surface area (Å²) in [4.78, 5) is 29.0. The number of carbonyl (C=O) groups excluding carboxylic acids is 2. The molecule has 0 spiro atoms. The van der Waals surface area contributed by atoms with Crippen molar-refractivity contribution in [3.05, 3.63) is 52.2 Å². The first-order chi connectivity index (χ1) is 15.6. The average Bonchev–Trinajstić information content (AvgIpc) is 3.33. The maximum atomic E-state index is 13.5. The maximum absolute atomic E-state index is 13.5. The lowest BCUT2D eigenvalue weighted by atomic mass is 9.94. The van der Waals surface area contributed by atoms with Crippen molar-refractivity contribution in [1.29, 1.82) is 0 Å². The number of hydrogen-bond donors (Lipinski definition) is 1. The van der Waals surface area contributed by atoms with E-state index in [2.05, 4.69) is 12.2 Å². The molecule has 0 bridgehead atoms. The molecule has 1 atom stereocenters. The van der Waals surface area contributed by atoms with Crippen LogP contribution in [0.1, 0.15) is 68.4 Å². The Kier molecular flexibility index (Phi) is 9.88. The highest BCUT2D eigenvalue weighted by Gasteiger charge is 2.32. The zero-order valence-electron chi connectivity index (χ0n) is 18.7. The largest absolute Gasteiger partial charge is 0.494 e. The Morgan fingerprint density at radius 1 is 1.19 bits per heavy atom. The van der Waals surface area contributed by atoms with Crippen LogP contribution < -0.4 is 10.1 Å². The molecule has 1 saturated carbocycles. The van der Waals surface area contributed by atoms with Crippen molar-refractivity contribution in [3.8, 4) is 5.75 Å². The quantitative estimate of drug-likeness (QED) is 0.335. The van der Waals surface area contributed by atoms with Crippen molar-refractivity contribution < 1.29 is 14.3 Å². The van der Waals surface area contributed by atoms with Crippen LogP contribution in [0.3, 0.4) is 0 Å². The highest BCUT2D eigenvalue weighted by molar-refractivity contribution is 7.09. The van der Waals surface area contributed by atoms with Gasteiger partial charge in [0.15, 0.2) is 0 Å². The van der Waals surface area contributed by atoms with Crippen LogP contribution in [-0.2, 0) is 16.1 Å². The Bertz CT molecular complexity index is 835. The van der Waals surface area contributed by atoms with E-state index in [1.807, 2.05) is 41.8 Å². The lowest BCUT2D eigenvalue weighted by Gasteiger charge is -2.33. The second-order valence-electron chi connectivity index (χ2n) is 8.25. The molecule has 1 N–H and O–H groups in total. The molecule has 0 saturated heterocycles. The van der Waals surface area contributed by atoms with Crippen LogP contribution in [0.15, 0.2) is 41.8 Å². The Labute approximate surface area is 200 Å². The van der Waals surface area contributed by atoms with Crippen LogP contribution in [0.2, 0.25) is 0 Å². The predicted octanol–water partition coefficient (Wildman–Crippen LogP) is 5.68. The van der Waals surface area contributed by atoms with Gasteiger partial charge in [-0.2, -0.15) is 0 Å². The number of halogens is 1. The average molecular weight is 477 g/mol. The lowest BCUT2D eigenvalue weighted by molar-refractivity contribution is -0.140. The number of amides is 2. The van der Waals surface area contributed by atoms with E-state index < -0.39 is 6.04 Å². The van der Waals surface area contributed by atoms with Gasteiger partial charge in [0.25, 0.3) is 0 Å². The number of hydrogen-bond acceptors (Lipinski definition) is 4. The van der Waals surface area contributed by atoms with E-state index in [1.165, 1.54) is 6.42 Å². The smallest absolute Gasteiger partial charge is 0.247 e. The SMILES string of the molecule is CCCCOc1ccc([C@H](C(=O)NC2CCCCC2)N(Cc2cccs2)C(=O)CCl)cc1. The fourth-order valence-corrected chi connectivity index (χ4v) is 4.91. The number of nitrogens with one attached hydrogen (secondary N) is 1. The van der Waals surface area contributed by atoms with Gasteiger partial charge in [-0.25, -0.2) is 0 Å². The third kappa shape index (κ3) is 6.97. The molecule has 2 aromatic rings. The van der Waals surface area contributed by atoms with Crippen molar-refractivity contribution in [2.45, 2.75) is 70.5 Å². The van der Waals surface area contributed by atoms with Crippen molar-refractivity contribution in [2.24, 2.45) is 0 Å². The zero-order valence-corrected chi connectivity index (χ0v) is 20.3. The number of thiophene rings is 1. The van der Waals surface area contributed by atoms with E-state index in [4.69, 9.17) is 16.3 Å². The minimum Gasteiger partial charge on any atom is -0.494 e. The third-order valence-corrected chi connectivity index (χ3v) is 6.90. The first-order valence-corrected chi connectivity index (χ1v) is 12.9. The van der Waals surface area contributed by atoms with Gasteiger partial charge in [-0.05, 0) is 48.4 Å². The molecule has 1 fully saturated rings. The lowest BCUT2D eigenvalue weighted by Crippen LogP contribution is -2.47. The molecule has 5 nitrogen and oxygen atoms in total. The van der Waals surface area contributed by atoms with E-state index in [1.54, 1.807) is 16.2 Å². The Morgan fingerprint density at radius 2 is 1.94 bits per heavy atom. The molecule has 1 aliphatic rings. The zero-order chi connectivity index (χ0) is 22.8. The van der Waals surface area contributed by atoms with E-state index in [0.717, 1.165) is 54.7 Å². The highest BCUT2D eigenvalue weighted by Crippen LogP contribution is 2.28. The molecule has 3 rings (SSSR count). The normalized spacial score (nSPS) is 15.2. The summed E-state index contributed by atoms with van der Waals surface area (Å²) in [6.45, 7) is 3.13. The molecule has 0 unspecified atom stereocenters. The molecule has 32 heavy (non-hydrogen) atoms. The van der Waals surface area contributed by atoms with Crippen LogP contribution in [0.4, 0.5) is 0 Å². The number of alkyl halides is 1. The van der Waals surface area contributed by atoms with Crippen LogP contribution >= 0.6 is 22.9 Å². The minimum atomic E-state index is -0.741. The maximum Gasteiger partial charge on any atom is 0.247 e. The number of carbonyl (C=O) groups is 2. The summed E-state index contributed by atoms with van der Waals surface area (Å²) in [5, 5.41) is 5.18. The van der Waals surface area contributed by atoms with Gasteiger partial charge < -0.3 is 15.0 Å². The van der Waals surface area contributed by atoms with Gasteiger partial charge in [0.05, 0.1) is 13.2 Å². The Morgan fingerprint density at radius 3 is 2.56 bits per heavy atom. The monoisotopic (exact) mass is 476 g/mol. The number of unbranched alkanes of at least 4 members (excludes halogenated alkanes) is 1. The molecule has 174 valence electrons. The standard InChI is InChI=1S/C25H33ClN2O3S/c1-2-3-15-31-21-13-11-19(12-14-21)24(25(30)27-20-8-5-4-6-9-20)28(23(29)17-26)18-22-10-7-16-32-22/h7,10-14,16,20,24H,2-6,8-9,15,17-18H2,1H3,(H,27,30)/t24-/m1/s1. The molecular formula is C25H33ClN2O3S. The molecule has 1 aromatic carbocycles. The summed E-state index contributed by atoms with van der Waals surface area (Å²) in [6.07, 6.45) is 7.49. The van der Waals surface area contributed by atoms with Crippen LogP contribution in [0.5, 0.6) is 5.75 Å². The number of ether oxygens (including phenoxy) is 1. The Hall–Kier alpha value is -2.05. The van der Waals surface area contributed by atoms with Gasteiger partial charge in [-0.15, -0.1) is 22.9 Å². The second kappa shape index (κ2) is 12.9. The number of benzene rings is 1. The third-order valence-electron chi connectivity index (χ3n) is 5.81. The van der Waals surface area contributed by atoms with Crippen LogP contribution in [0.25, 0.3) is 0 Å². The highest BCUT2D eigenvalue weighted by atomic mass is 35.5. The van der Waals surface area contributed by atoms with Gasteiger partial charge in [0.2, 0.25) is 11.8 Å². The summed E-state index contributed by atoms with van der Waals surface area (Å²) >= 11 is 7.54. The van der Waals surface area contributed by atoms with Gasteiger partial charge in [0.1, 0.15) is 17.7 Å². The number of nitrogens with zero attached hydrogens (tertiary/aromatic N) is 1. The molecule has 1 aromatic heterocycles. The van der Waals surface area contributed by atoms with Gasteiger partial charge in [-0.3, -0.25) is 9.59 Å². The fourth-order valence-electron chi connectivity index (χ4n) is 4.05. The van der Waals surface area contributed by atoms with Crippen LogP contribution in [-0.4, -0.2) is 35.2 Å². The van der Waals surface area contributed by atoms with E-state index in [-0.39, 0.29) is 23.7 Å². The fraction of sp³-hybridized carbons (Fsp3) is 0.520. The molecule has 1 aliphatic carbocycles. The van der Waals surface area contributed by atoms with Gasteiger partial charge in [-0.1, -0.05) is 50.8 Å². The Balaban J connectivity index is 1.86. The predicted molar refractivity (Wildman–Crippen MR) is 130 cm³/mol.